The Labute approximate surface area is 84.7 Å². The molecule has 0 heterocycles. The van der Waals surface area contributed by atoms with Crippen LogP contribution in [0.1, 0.15) is 13.3 Å². The SMILES string of the molecule is COCCC(C)NC(CO)(CO)CO. The fourth-order valence-electron chi connectivity index (χ4n) is 1.18. The average Bonchev–Trinajstić information content (AvgIpc) is 2.23. The van der Waals surface area contributed by atoms with E-state index in [9.17, 15) is 0 Å². The Morgan fingerprint density at radius 2 is 1.71 bits per heavy atom. The second kappa shape index (κ2) is 7.14. The summed E-state index contributed by atoms with van der Waals surface area (Å²) in [6.07, 6.45) is 0.762. The Kier molecular flexibility index (Phi) is 7.04. The molecule has 0 radical (unpaired) electrons. The van der Waals surface area contributed by atoms with Crippen LogP contribution in [0.3, 0.4) is 0 Å². The monoisotopic (exact) mass is 207 g/mol. The highest BCUT2D eigenvalue weighted by Gasteiger charge is 2.28. The summed E-state index contributed by atoms with van der Waals surface area (Å²) in [5, 5.41) is 30.1. The van der Waals surface area contributed by atoms with E-state index in [0.717, 1.165) is 6.42 Å². The lowest BCUT2D eigenvalue weighted by molar-refractivity contribution is 0.0325. The fourth-order valence-corrected chi connectivity index (χ4v) is 1.18. The number of aliphatic hydroxyl groups excluding tert-OH is 3. The predicted octanol–water partition coefficient (Wildman–Crippen LogP) is -1.28. The molecule has 0 bridgehead atoms. The molecule has 0 saturated heterocycles. The normalized spacial score (nSPS) is 14.4. The highest BCUT2D eigenvalue weighted by Crippen LogP contribution is 2.05. The number of nitrogens with one attached hydrogen (secondary N) is 1. The Morgan fingerprint density at radius 3 is 2.07 bits per heavy atom. The van der Waals surface area contributed by atoms with Gasteiger partial charge >= 0.3 is 0 Å². The zero-order chi connectivity index (χ0) is 11.0. The molecule has 5 nitrogen and oxygen atoms in total. The predicted molar refractivity (Wildman–Crippen MR) is 53.1 cm³/mol. The summed E-state index contributed by atoms with van der Waals surface area (Å²) in [7, 11) is 1.62. The first kappa shape index (κ1) is 13.8. The molecule has 0 saturated carbocycles. The molecular formula is C9H21NO4. The van der Waals surface area contributed by atoms with E-state index in [1.165, 1.54) is 0 Å². The summed E-state index contributed by atoms with van der Waals surface area (Å²) in [5.41, 5.74) is -0.993. The molecule has 4 N–H and O–H groups in total. The van der Waals surface area contributed by atoms with Crippen molar-refractivity contribution < 1.29 is 20.1 Å². The van der Waals surface area contributed by atoms with Gasteiger partial charge in [-0.25, -0.2) is 0 Å². The van der Waals surface area contributed by atoms with Crippen LogP contribution in [0.4, 0.5) is 0 Å². The van der Waals surface area contributed by atoms with Gasteiger partial charge < -0.3 is 25.4 Å². The van der Waals surface area contributed by atoms with Crippen molar-refractivity contribution in [3.63, 3.8) is 0 Å². The molecule has 1 unspecified atom stereocenters. The zero-order valence-corrected chi connectivity index (χ0v) is 8.86. The topological polar surface area (TPSA) is 82.0 Å². The van der Waals surface area contributed by atoms with Gasteiger partial charge in [0.05, 0.1) is 25.4 Å². The zero-order valence-electron chi connectivity index (χ0n) is 8.86. The standard InChI is InChI=1S/C9H21NO4/c1-8(3-4-14-2)10-9(5-11,6-12)7-13/h8,10-13H,3-7H2,1-2H3. The summed E-state index contributed by atoms with van der Waals surface area (Å²) in [4.78, 5) is 0. The van der Waals surface area contributed by atoms with Crippen molar-refractivity contribution in [3.05, 3.63) is 0 Å². The van der Waals surface area contributed by atoms with Gasteiger partial charge in [-0.15, -0.1) is 0 Å². The fraction of sp³-hybridized carbons (Fsp3) is 1.00. The van der Waals surface area contributed by atoms with E-state index in [1.807, 2.05) is 6.92 Å². The lowest BCUT2D eigenvalue weighted by Gasteiger charge is -2.32. The molecule has 0 amide bonds. The van der Waals surface area contributed by atoms with Crippen LogP contribution < -0.4 is 5.32 Å². The van der Waals surface area contributed by atoms with Crippen molar-refractivity contribution in [1.29, 1.82) is 0 Å². The van der Waals surface area contributed by atoms with Gasteiger partial charge in [-0.05, 0) is 13.3 Å². The quantitative estimate of drug-likeness (QED) is 0.398. The van der Waals surface area contributed by atoms with Crippen molar-refractivity contribution in [1.82, 2.24) is 5.32 Å². The summed E-state index contributed by atoms with van der Waals surface area (Å²) >= 11 is 0. The molecule has 0 aliphatic heterocycles. The number of rotatable bonds is 8. The van der Waals surface area contributed by atoms with E-state index >= 15 is 0 Å². The molecule has 1 atom stereocenters. The number of aliphatic hydroxyl groups is 3. The van der Waals surface area contributed by atoms with Crippen molar-refractivity contribution in [2.75, 3.05) is 33.5 Å². The molecule has 0 fully saturated rings. The van der Waals surface area contributed by atoms with Gasteiger partial charge in [-0.1, -0.05) is 0 Å². The van der Waals surface area contributed by atoms with E-state index in [1.54, 1.807) is 7.11 Å². The molecular weight excluding hydrogens is 186 g/mol. The Bertz CT molecular complexity index is 131. The molecule has 0 rings (SSSR count). The molecule has 86 valence electrons. The Hall–Kier alpha value is -0.200. The lowest BCUT2D eigenvalue weighted by atomic mass is 10.0. The van der Waals surface area contributed by atoms with Crippen LogP contribution in [-0.2, 0) is 4.74 Å². The van der Waals surface area contributed by atoms with Gasteiger partial charge in [-0.3, -0.25) is 0 Å². The summed E-state index contributed by atoms with van der Waals surface area (Å²) in [5.74, 6) is 0. The molecule has 0 aliphatic carbocycles. The molecule has 0 spiro atoms. The van der Waals surface area contributed by atoms with Crippen molar-refractivity contribution in [2.45, 2.75) is 24.9 Å². The van der Waals surface area contributed by atoms with Crippen molar-refractivity contribution in [2.24, 2.45) is 0 Å². The first-order chi connectivity index (χ1) is 6.64. The Morgan fingerprint density at radius 1 is 1.21 bits per heavy atom. The number of methoxy groups -OCH3 is 1. The van der Waals surface area contributed by atoms with E-state index < -0.39 is 5.54 Å². The van der Waals surface area contributed by atoms with Crippen molar-refractivity contribution in [3.8, 4) is 0 Å². The van der Waals surface area contributed by atoms with Gasteiger partial charge in [0.2, 0.25) is 0 Å². The van der Waals surface area contributed by atoms with Gasteiger partial charge in [0, 0.05) is 19.8 Å². The number of hydrogen-bond acceptors (Lipinski definition) is 5. The maximum atomic E-state index is 9.04. The van der Waals surface area contributed by atoms with Gasteiger partial charge in [-0.2, -0.15) is 0 Å². The highest BCUT2D eigenvalue weighted by molar-refractivity contribution is 4.88. The molecule has 0 aromatic carbocycles. The van der Waals surface area contributed by atoms with Gasteiger partial charge in [0.1, 0.15) is 0 Å². The van der Waals surface area contributed by atoms with Gasteiger partial charge in [0.25, 0.3) is 0 Å². The minimum Gasteiger partial charge on any atom is -0.394 e. The van der Waals surface area contributed by atoms with E-state index in [0.29, 0.717) is 6.61 Å². The van der Waals surface area contributed by atoms with Crippen LogP contribution in [0.25, 0.3) is 0 Å². The third-order valence-electron chi connectivity index (χ3n) is 2.22. The smallest absolute Gasteiger partial charge is 0.0883 e. The average molecular weight is 207 g/mol. The van der Waals surface area contributed by atoms with Crippen LogP contribution in [-0.4, -0.2) is 60.4 Å². The minimum absolute atomic E-state index is 0.0707. The first-order valence-corrected chi connectivity index (χ1v) is 4.73. The van der Waals surface area contributed by atoms with Crippen LogP contribution in [0, 0.1) is 0 Å². The third kappa shape index (κ3) is 4.34. The highest BCUT2D eigenvalue weighted by atomic mass is 16.5. The second-order valence-electron chi connectivity index (χ2n) is 3.58. The van der Waals surface area contributed by atoms with Crippen molar-refractivity contribution >= 4 is 0 Å². The lowest BCUT2D eigenvalue weighted by Crippen LogP contribution is -2.57. The molecule has 14 heavy (non-hydrogen) atoms. The molecule has 0 aromatic rings. The van der Waals surface area contributed by atoms with Crippen LogP contribution >= 0.6 is 0 Å². The second-order valence-corrected chi connectivity index (χ2v) is 3.58. The van der Waals surface area contributed by atoms with Gasteiger partial charge in [0.15, 0.2) is 0 Å². The maximum absolute atomic E-state index is 9.04. The van der Waals surface area contributed by atoms with E-state index in [4.69, 9.17) is 20.1 Å². The van der Waals surface area contributed by atoms with Crippen LogP contribution in [0.15, 0.2) is 0 Å². The molecule has 0 aromatic heterocycles. The summed E-state index contributed by atoms with van der Waals surface area (Å²) in [6, 6.07) is 0.0707. The Balaban J connectivity index is 4.01. The maximum Gasteiger partial charge on any atom is 0.0883 e. The van der Waals surface area contributed by atoms with E-state index in [2.05, 4.69) is 5.32 Å². The summed E-state index contributed by atoms with van der Waals surface area (Å²) < 4.78 is 4.90. The number of ether oxygens (including phenoxy) is 1. The van der Waals surface area contributed by atoms with Crippen LogP contribution in [0.2, 0.25) is 0 Å². The number of hydrogen-bond donors (Lipinski definition) is 4. The first-order valence-electron chi connectivity index (χ1n) is 4.73. The largest absolute Gasteiger partial charge is 0.394 e. The summed E-state index contributed by atoms with van der Waals surface area (Å²) in [6.45, 7) is 1.63. The van der Waals surface area contributed by atoms with E-state index in [-0.39, 0.29) is 25.9 Å². The molecule has 5 heteroatoms. The van der Waals surface area contributed by atoms with Crippen LogP contribution in [0.5, 0.6) is 0 Å². The minimum atomic E-state index is -0.993. The third-order valence-corrected chi connectivity index (χ3v) is 2.22. The molecule has 0 aliphatic rings.